The summed E-state index contributed by atoms with van der Waals surface area (Å²) in [5, 5.41) is 0.581. The zero-order valence-electron chi connectivity index (χ0n) is 11.0. The molecule has 0 radical (unpaired) electrons. The Morgan fingerprint density at radius 3 is 2.56 bits per heavy atom. The van der Waals surface area contributed by atoms with Gasteiger partial charge in [-0.3, -0.25) is 10.2 Å². The van der Waals surface area contributed by atoms with Gasteiger partial charge in [0.15, 0.2) is 0 Å². The number of thioether (sulfide) groups is 1. The molecular weight excluding hydrogens is 248 g/mol. The van der Waals surface area contributed by atoms with Crippen LogP contribution in [-0.4, -0.2) is 24.8 Å². The smallest absolute Gasteiger partial charge is 0.260 e. The number of carbonyl (C=O) groups excluding carboxylic acids is 1. The van der Waals surface area contributed by atoms with Crippen LogP contribution in [-0.2, 0) is 16.1 Å². The minimum atomic E-state index is -0.176. The highest BCUT2D eigenvalue weighted by Gasteiger charge is 2.01. The van der Waals surface area contributed by atoms with Crippen LogP contribution in [0.3, 0.4) is 0 Å². The van der Waals surface area contributed by atoms with Crippen molar-refractivity contribution < 1.29 is 9.53 Å². The molecule has 0 atom stereocenters. The van der Waals surface area contributed by atoms with Crippen LogP contribution in [0.25, 0.3) is 0 Å². The summed E-state index contributed by atoms with van der Waals surface area (Å²) in [5.41, 5.74) is 6.07. The van der Waals surface area contributed by atoms with Crippen molar-refractivity contribution in [2.45, 2.75) is 30.6 Å². The maximum Gasteiger partial charge on any atom is 0.260 e. The van der Waals surface area contributed by atoms with Crippen LogP contribution in [0.2, 0.25) is 0 Å². The van der Waals surface area contributed by atoms with E-state index >= 15 is 0 Å². The topological polar surface area (TPSA) is 50.4 Å². The van der Waals surface area contributed by atoms with Gasteiger partial charge in [0.2, 0.25) is 0 Å². The molecule has 2 N–H and O–H groups in total. The molecule has 0 aliphatic carbocycles. The fraction of sp³-hybridized carbons (Fsp3) is 0.462. The molecule has 0 aliphatic rings. The number of benzene rings is 1. The summed E-state index contributed by atoms with van der Waals surface area (Å²) >= 11 is 1.83. The van der Waals surface area contributed by atoms with E-state index < -0.39 is 0 Å². The van der Waals surface area contributed by atoms with Crippen molar-refractivity contribution in [2.75, 3.05) is 13.7 Å². The molecule has 18 heavy (non-hydrogen) atoms. The summed E-state index contributed by atoms with van der Waals surface area (Å²) in [4.78, 5) is 12.4. The third-order valence-electron chi connectivity index (χ3n) is 2.06. The number of carbonyl (C=O) groups is 1. The van der Waals surface area contributed by atoms with Crippen molar-refractivity contribution in [3.05, 3.63) is 29.8 Å². The van der Waals surface area contributed by atoms with Crippen molar-refractivity contribution in [1.29, 1.82) is 0 Å². The van der Waals surface area contributed by atoms with Gasteiger partial charge < -0.3 is 4.74 Å². The maximum absolute atomic E-state index is 11.1. The third-order valence-corrected chi connectivity index (χ3v) is 3.08. The summed E-state index contributed by atoms with van der Waals surface area (Å²) < 4.78 is 5.30. The van der Waals surface area contributed by atoms with Gasteiger partial charge in [-0.05, 0) is 17.7 Å². The predicted molar refractivity (Wildman–Crippen MR) is 74.3 cm³/mol. The highest BCUT2D eigenvalue weighted by Crippen LogP contribution is 2.22. The molecule has 1 aromatic rings. The van der Waals surface area contributed by atoms with Gasteiger partial charge in [-0.1, -0.05) is 26.0 Å². The van der Waals surface area contributed by atoms with Gasteiger partial charge in [0.05, 0.1) is 6.61 Å². The molecule has 0 aromatic heterocycles. The first kappa shape index (κ1) is 15.0. The van der Waals surface area contributed by atoms with Gasteiger partial charge in [0.1, 0.15) is 6.61 Å². The van der Waals surface area contributed by atoms with Gasteiger partial charge in [-0.2, -0.15) is 0 Å². The summed E-state index contributed by atoms with van der Waals surface area (Å²) in [6.07, 6.45) is 0. The molecule has 1 aromatic carbocycles. The minimum absolute atomic E-state index is 0.0589. The lowest BCUT2D eigenvalue weighted by atomic mass is 10.2. The Hall–Kier alpha value is -1.04. The summed E-state index contributed by atoms with van der Waals surface area (Å²) in [6, 6.07) is 8.22. The second-order valence-electron chi connectivity index (χ2n) is 4.10. The SMILES string of the molecule is CNNC(=O)COCc1ccc(SC(C)C)cc1. The predicted octanol–water partition coefficient (Wildman–Crippen LogP) is 1.95. The van der Waals surface area contributed by atoms with Crippen LogP contribution >= 0.6 is 11.8 Å². The Morgan fingerprint density at radius 2 is 2.00 bits per heavy atom. The van der Waals surface area contributed by atoms with Gasteiger partial charge in [0.25, 0.3) is 5.91 Å². The number of hydrazine groups is 1. The normalized spacial score (nSPS) is 10.7. The third kappa shape index (κ3) is 6.05. The number of rotatable bonds is 7. The summed E-state index contributed by atoms with van der Waals surface area (Å²) in [6.45, 7) is 4.84. The molecule has 0 saturated carbocycles. The standard InChI is InChI=1S/C13H20N2O2S/c1-10(2)18-12-6-4-11(5-7-12)8-17-9-13(16)15-14-3/h4-7,10,14H,8-9H2,1-3H3,(H,15,16). The second kappa shape index (κ2) is 8.13. The lowest BCUT2D eigenvalue weighted by molar-refractivity contribution is -0.126. The number of ether oxygens (including phenoxy) is 1. The molecule has 0 saturated heterocycles. The fourth-order valence-electron chi connectivity index (χ4n) is 1.37. The Labute approximate surface area is 112 Å². The van der Waals surface area contributed by atoms with Crippen LogP contribution in [0.1, 0.15) is 19.4 Å². The van der Waals surface area contributed by atoms with Crippen molar-refractivity contribution >= 4 is 17.7 Å². The van der Waals surface area contributed by atoms with E-state index in [1.54, 1.807) is 7.05 Å². The van der Waals surface area contributed by atoms with Gasteiger partial charge in [-0.15, -0.1) is 11.8 Å². The average Bonchev–Trinajstić information content (AvgIpc) is 2.31. The van der Waals surface area contributed by atoms with E-state index in [4.69, 9.17) is 4.74 Å². The monoisotopic (exact) mass is 268 g/mol. The largest absolute Gasteiger partial charge is 0.367 e. The first-order valence-electron chi connectivity index (χ1n) is 5.90. The van der Waals surface area contributed by atoms with Crippen LogP contribution in [0.5, 0.6) is 0 Å². The quantitative estimate of drug-likeness (QED) is 0.586. The molecule has 100 valence electrons. The van der Waals surface area contributed by atoms with Gasteiger partial charge in [0, 0.05) is 17.2 Å². The zero-order valence-corrected chi connectivity index (χ0v) is 11.8. The van der Waals surface area contributed by atoms with Crippen molar-refractivity contribution in [3.63, 3.8) is 0 Å². The lowest BCUT2D eigenvalue weighted by Gasteiger charge is -2.07. The van der Waals surface area contributed by atoms with Crippen LogP contribution in [0, 0.1) is 0 Å². The number of hydrogen-bond donors (Lipinski definition) is 2. The van der Waals surface area contributed by atoms with Crippen molar-refractivity contribution in [3.8, 4) is 0 Å². The Balaban J connectivity index is 2.33. The Kier molecular flexibility index (Phi) is 6.78. The Morgan fingerprint density at radius 1 is 1.33 bits per heavy atom. The van der Waals surface area contributed by atoms with E-state index in [1.165, 1.54) is 4.90 Å². The highest BCUT2D eigenvalue weighted by atomic mass is 32.2. The number of nitrogens with one attached hydrogen (secondary N) is 2. The molecule has 5 heteroatoms. The van der Waals surface area contributed by atoms with E-state index in [0.29, 0.717) is 11.9 Å². The maximum atomic E-state index is 11.1. The second-order valence-corrected chi connectivity index (χ2v) is 5.75. The van der Waals surface area contributed by atoms with Gasteiger partial charge in [-0.25, -0.2) is 5.43 Å². The first-order chi connectivity index (χ1) is 8.61. The van der Waals surface area contributed by atoms with Crippen LogP contribution in [0.15, 0.2) is 29.2 Å². The number of amides is 1. The van der Waals surface area contributed by atoms with E-state index in [-0.39, 0.29) is 12.5 Å². The molecule has 0 heterocycles. The van der Waals surface area contributed by atoms with E-state index in [9.17, 15) is 4.79 Å². The molecule has 1 rings (SSSR count). The zero-order chi connectivity index (χ0) is 13.4. The van der Waals surface area contributed by atoms with Crippen molar-refractivity contribution in [1.82, 2.24) is 10.9 Å². The highest BCUT2D eigenvalue weighted by molar-refractivity contribution is 7.99. The molecule has 0 bridgehead atoms. The van der Waals surface area contributed by atoms with Gasteiger partial charge >= 0.3 is 0 Å². The summed E-state index contributed by atoms with van der Waals surface area (Å²) in [7, 11) is 1.64. The van der Waals surface area contributed by atoms with E-state index in [0.717, 1.165) is 5.56 Å². The molecule has 0 aliphatic heterocycles. The molecule has 0 unspecified atom stereocenters. The van der Waals surface area contributed by atoms with Crippen LogP contribution in [0.4, 0.5) is 0 Å². The Bertz CT molecular complexity index is 366. The minimum Gasteiger partial charge on any atom is -0.367 e. The first-order valence-corrected chi connectivity index (χ1v) is 6.78. The molecular formula is C13H20N2O2S. The van der Waals surface area contributed by atoms with E-state index in [1.807, 2.05) is 23.9 Å². The molecule has 0 fully saturated rings. The fourth-order valence-corrected chi connectivity index (χ4v) is 2.21. The number of hydrogen-bond acceptors (Lipinski definition) is 4. The van der Waals surface area contributed by atoms with Crippen molar-refractivity contribution in [2.24, 2.45) is 0 Å². The summed E-state index contributed by atoms with van der Waals surface area (Å²) in [5.74, 6) is -0.176. The van der Waals surface area contributed by atoms with Crippen LogP contribution < -0.4 is 10.9 Å². The lowest BCUT2D eigenvalue weighted by Crippen LogP contribution is -2.36. The average molecular weight is 268 g/mol. The molecule has 4 nitrogen and oxygen atoms in total. The molecule has 1 amide bonds. The molecule has 0 spiro atoms. The van der Waals surface area contributed by atoms with E-state index in [2.05, 4.69) is 36.8 Å².